The van der Waals surface area contributed by atoms with Crippen LogP contribution < -0.4 is 10.5 Å². The van der Waals surface area contributed by atoms with Crippen LogP contribution in [0.2, 0.25) is 0 Å². The predicted molar refractivity (Wildman–Crippen MR) is 104 cm³/mol. The van der Waals surface area contributed by atoms with E-state index < -0.39 is 16.1 Å². The molecule has 0 spiro atoms. The molecule has 0 aliphatic rings. The molecule has 1 amide bonds. The van der Waals surface area contributed by atoms with Crippen LogP contribution in [0.5, 0.6) is 0 Å². The minimum absolute atomic E-state index is 0.0906. The van der Waals surface area contributed by atoms with Crippen molar-refractivity contribution < 1.29 is 17.9 Å². The summed E-state index contributed by atoms with van der Waals surface area (Å²) in [6.07, 6.45) is 1.13. The van der Waals surface area contributed by atoms with Crippen molar-refractivity contribution in [2.24, 2.45) is 5.73 Å². The number of benzene rings is 2. The number of aromatic amines is 1. The van der Waals surface area contributed by atoms with Crippen LogP contribution in [0.3, 0.4) is 0 Å². The third-order valence-electron chi connectivity index (χ3n) is 4.28. The fourth-order valence-corrected chi connectivity index (χ4v) is 3.97. The van der Waals surface area contributed by atoms with Gasteiger partial charge in [0, 0.05) is 18.0 Å². The van der Waals surface area contributed by atoms with Crippen molar-refractivity contribution in [2.75, 3.05) is 11.3 Å². The number of nitriles is 1. The number of nitrogens with zero attached hydrogens (tertiary/aromatic N) is 1. The largest absolute Gasteiger partial charge is 0.449 e. The number of aromatic nitrogens is 1. The summed E-state index contributed by atoms with van der Waals surface area (Å²) < 4.78 is 32.7. The Kier molecular flexibility index (Phi) is 5.24. The number of H-pyrrole nitrogens is 1. The van der Waals surface area contributed by atoms with Crippen molar-refractivity contribution >= 4 is 32.7 Å². The van der Waals surface area contributed by atoms with Crippen molar-refractivity contribution in [2.45, 2.75) is 18.2 Å². The molecule has 0 aliphatic carbocycles. The minimum atomic E-state index is -3.82. The maximum absolute atomic E-state index is 12.7. The topological polar surface area (TPSA) is 138 Å². The second kappa shape index (κ2) is 7.62. The first-order valence-corrected chi connectivity index (χ1v) is 9.85. The van der Waals surface area contributed by atoms with Gasteiger partial charge in [-0.05, 0) is 36.2 Å². The van der Waals surface area contributed by atoms with Crippen LogP contribution in [0, 0.1) is 18.3 Å². The van der Waals surface area contributed by atoms with Gasteiger partial charge in [0.1, 0.15) is 6.07 Å². The second-order valence-corrected chi connectivity index (χ2v) is 7.84. The summed E-state index contributed by atoms with van der Waals surface area (Å²) in [6.45, 7) is 1.98. The maximum atomic E-state index is 12.7. The van der Waals surface area contributed by atoms with E-state index in [2.05, 4.69) is 20.5 Å². The monoisotopic (exact) mass is 398 g/mol. The Labute approximate surface area is 162 Å². The number of anilines is 1. The number of ether oxygens (including phenoxy) is 1. The summed E-state index contributed by atoms with van der Waals surface area (Å²) in [5.41, 5.74) is 7.95. The predicted octanol–water partition coefficient (Wildman–Crippen LogP) is 2.79. The van der Waals surface area contributed by atoms with Gasteiger partial charge in [-0.3, -0.25) is 4.72 Å². The maximum Gasteiger partial charge on any atom is 0.404 e. The smallest absolute Gasteiger partial charge is 0.404 e. The number of primary amides is 1. The van der Waals surface area contributed by atoms with E-state index in [9.17, 15) is 18.5 Å². The number of aryl methyl sites for hydroxylation is 1. The summed E-state index contributed by atoms with van der Waals surface area (Å²) in [6, 6.07) is 11.8. The Morgan fingerprint density at radius 3 is 2.61 bits per heavy atom. The SMILES string of the molecule is Cc1ccc(NS(=O)(=O)c2ccc(CCOC(N)=O)cc2)c2[nH]cc(C#N)c12. The molecule has 1 heterocycles. The Morgan fingerprint density at radius 2 is 1.96 bits per heavy atom. The standard InChI is InChI=1S/C19H18N4O4S/c1-12-2-7-16(18-17(12)14(10-20)11-22-18)23-28(25,26)15-5-3-13(4-6-15)8-9-27-19(21)24/h2-7,11,22-23H,8-9H2,1H3,(H2,21,24). The molecule has 0 saturated carbocycles. The summed E-state index contributed by atoms with van der Waals surface area (Å²) >= 11 is 0. The molecule has 9 heteroatoms. The second-order valence-electron chi connectivity index (χ2n) is 6.16. The molecule has 0 fully saturated rings. The molecule has 1 aromatic heterocycles. The summed E-state index contributed by atoms with van der Waals surface area (Å²) in [7, 11) is -3.82. The average molecular weight is 398 g/mol. The molecule has 144 valence electrons. The average Bonchev–Trinajstić information content (AvgIpc) is 3.09. The van der Waals surface area contributed by atoms with Crippen LogP contribution in [0.25, 0.3) is 10.9 Å². The van der Waals surface area contributed by atoms with E-state index in [4.69, 9.17) is 5.73 Å². The molecular weight excluding hydrogens is 380 g/mol. The number of carbonyl (C=O) groups is 1. The number of amides is 1. The van der Waals surface area contributed by atoms with Crippen LogP contribution >= 0.6 is 0 Å². The number of rotatable bonds is 6. The van der Waals surface area contributed by atoms with E-state index >= 15 is 0 Å². The number of hydrogen-bond donors (Lipinski definition) is 3. The van der Waals surface area contributed by atoms with Crippen LogP contribution in [0.1, 0.15) is 16.7 Å². The van der Waals surface area contributed by atoms with Gasteiger partial charge in [-0.15, -0.1) is 0 Å². The lowest BCUT2D eigenvalue weighted by molar-refractivity contribution is 0.158. The van der Waals surface area contributed by atoms with E-state index in [-0.39, 0.29) is 11.5 Å². The van der Waals surface area contributed by atoms with Gasteiger partial charge >= 0.3 is 6.09 Å². The van der Waals surface area contributed by atoms with Gasteiger partial charge in [0.05, 0.1) is 28.3 Å². The van der Waals surface area contributed by atoms with Gasteiger partial charge < -0.3 is 15.5 Å². The zero-order valence-corrected chi connectivity index (χ0v) is 15.8. The molecule has 0 atom stereocenters. The van der Waals surface area contributed by atoms with Gasteiger partial charge in [0.15, 0.2) is 0 Å². The van der Waals surface area contributed by atoms with Crippen molar-refractivity contribution in [3.63, 3.8) is 0 Å². The molecule has 0 saturated heterocycles. The van der Waals surface area contributed by atoms with Crippen LogP contribution in [0.4, 0.5) is 10.5 Å². The third kappa shape index (κ3) is 3.92. The van der Waals surface area contributed by atoms with Gasteiger partial charge in [0.2, 0.25) is 0 Å². The molecule has 4 N–H and O–H groups in total. The molecule has 0 unspecified atom stereocenters. The van der Waals surface area contributed by atoms with Crippen LogP contribution in [0.15, 0.2) is 47.5 Å². The highest BCUT2D eigenvalue weighted by Gasteiger charge is 2.18. The molecule has 0 radical (unpaired) electrons. The Balaban J connectivity index is 1.84. The number of fused-ring (bicyclic) bond motifs is 1. The molecule has 8 nitrogen and oxygen atoms in total. The van der Waals surface area contributed by atoms with Crippen LogP contribution in [-0.4, -0.2) is 26.1 Å². The highest BCUT2D eigenvalue weighted by molar-refractivity contribution is 7.92. The highest BCUT2D eigenvalue weighted by atomic mass is 32.2. The zero-order valence-electron chi connectivity index (χ0n) is 15.0. The Morgan fingerprint density at radius 1 is 1.25 bits per heavy atom. The molecule has 3 rings (SSSR count). The first-order chi connectivity index (χ1) is 13.3. The Hall–Kier alpha value is -3.51. The first kappa shape index (κ1) is 19.3. The molecule has 3 aromatic rings. The first-order valence-electron chi connectivity index (χ1n) is 8.36. The normalized spacial score (nSPS) is 11.1. The fraction of sp³-hybridized carbons (Fsp3) is 0.158. The fourth-order valence-electron chi connectivity index (χ4n) is 2.90. The third-order valence-corrected chi connectivity index (χ3v) is 5.66. The number of nitrogens with two attached hydrogens (primary N) is 1. The van der Waals surface area contributed by atoms with Crippen molar-refractivity contribution in [3.8, 4) is 6.07 Å². The Bertz CT molecular complexity index is 1180. The van der Waals surface area contributed by atoms with Crippen molar-refractivity contribution in [1.82, 2.24) is 4.98 Å². The van der Waals surface area contributed by atoms with Gasteiger partial charge in [-0.2, -0.15) is 5.26 Å². The molecule has 28 heavy (non-hydrogen) atoms. The lowest BCUT2D eigenvalue weighted by Gasteiger charge is -2.11. The number of nitrogens with one attached hydrogen (secondary N) is 2. The highest BCUT2D eigenvalue weighted by Crippen LogP contribution is 2.30. The van der Waals surface area contributed by atoms with E-state index in [1.54, 1.807) is 30.5 Å². The van der Waals surface area contributed by atoms with Crippen molar-refractivity contribution in [3.05, 3.63) is 59.3 Å². The van der Waals surface area contributed by atoms with Gasteiger partial charge in [-0.25, -0.2) is 13.2 Å². The summed E-state index contributed by atoms with van der Waals surface area (Å²) in [4.78, 5) is 13.6. The lowest BCUT2D eigenvalue weighted by atomic mass is 10.1. The zero-order chi connectivity index (χ0) is 20.3. The summed E-state index contributed by atoms with van der Waals surface area (Å²) in [5.74, 6) is 0. The van der Waals surface area contributed by atoms with Gasteiger partial charge in [0.25, 0.3) is 10.0 Å². The molecule has 0 aliphatic heterocycles. The van der Waals surface area contributed by atoms with Crippen molar-refractivity contribution in [1.29, 1.82) is 5.26 Å². The quantitative estimate of drug-likeness (QED) is 0.586. The lowest BCUT2D eigenvalue weighted by Crippen LogP contribution is -2.15. The van der Waals surface area contributed by atoms with E-state index in [0.717, 1.165) is 11.1 Å². The van der Waals surface area contributed by atoms with Crippen LogP contribution in [-0.2, 0) is 21.2 Å². The number of sulfonamides is 1. The molecule has 0 bridgehead atoms. The van der Waals surface area contributed by atoms with Gasteiger partial charge in [-0.1, -0.05) is 18.2 Å². The molecule has 2 aromatic carbocycles. The molecular formula is C19H18N4O4S. The summed E-state index contributed by atoms with van der Waals surface area (Å²) in [5, 5.41) is 9.91. The van der Waals surface area contributed by atoms with E-state index in [1.807, 2.05) is 6.92 Å². The van der Waals surface area contributed by atoms with E-state index in [0.29, 0.717) is 28.6 Å². The number of carbonyl (C=O) groups excluding carboxylic acids is 1. The minimum Gasteiger partial charge on any atom is -0.449 e. The number of hydrogen-bond acceptors (Lipinski definition) is 5. The van der Waals surface area contributed by atoms with E-state index in [1.165, 1.54) is 12.1 Å².